The van der Waals surface area contributed by atoms with Gasteiger partial charge in [0.25, 0.3) is 0 Å². The second kappa shape index (κ2) is 19.8. The van der Waals surface area contributed by atoms with Gasteiger partial charge in [-0.05, 0) is 119 Å². The zero-order chi connectivity index (χ0) is 57.8. The Balaban J connectivity index is 0.780. The van der Waals surface area contributed by atoms with Crippen LogP contribution in [0.1, 0.15) is 0 Å². The lowest BCUT2D eigenvalue weighted by Crippen LogP contribution is -2.04. The maximum Gasteiger partial charge on any atom is 0.164 e. The standard InChI is InChI=1S/C81H51N7/c1-3-20-53(21-4-1)79-82-80(84-81(83-79)58-22-19-25-60(48-58)86-69-32-13-7-26-61(69)62-27-8-14-33-70(62)86)54-40-38-52(39-41-54)57-44-47-77(87-72-35-16-9-28-63(72)64-29-10-17-36-73(64)87)78(51-57)88-74-37-18-12-31-66(74)68-50-56(43-46-76(68)88)55-42-45-75-67(49-55)65-30-11-15-34-71(65)85(75)59-23-5-2-6-24-59/h1-51H. The molecule has 0 N–H and O–H groups in total. The van der Waals surface area contributed by atoms with E-state index < -0.39 is 0 Å². The molecule has 18 rings (SSSR count). The Labute approximate surface area is 506 Å². The molecule has 0 amide bonds. The summed E-state index contributed by atoms with van der Waals surface area (Å²) >= 11 is 0. The first-order valence-corrected chi connectivity index (χ1v) is 29.9. The quantitative estimate of drug-likeness (QED) is 0.145. The summed E-state index contributed by atoms with van der Waals surface area (Å²) in [6.07, 6.45) is 0. The first kappa shape index (κ1) is 49.5. The Morgan fingerprint density at radius 1 is 0.170 bits per heavy atom. The van der Waals surface area contributed by atoms with Crippen LogP contribution in [0.2, 0.25) is 0 Å². The number of hydrogen-bond donors (Lipinski definition) is 0. The van der Waals surface area contributed by atoms with Gasteiger partial charge in [-0.15, -0.1) is 0 Å². The Kier molecular flexibility index (Phi) is 11.2. The molecule has 0 radical (unpaired) electrons. The highest BCUT2D eigenvalue weighted by atomic mass is 15.1. The SMILES string of the molecule is c1ccc(-c2nc(-c3ccc(-c4ccc(-n5c6ccccc6c6ccccc65)c(-n5c6ccccc6c6cc(-c7ccc8c(c7)c7ccccc7n8-c7ccccc7)ccc65)c4)cc3)nc(-c3cccc(-n4c5ccccc5c5ccccc54)c3)n2)cc1. The third kappa shape index (κ3) is 7.81. The Bertz CT molecular complexity index is 5700. The molecule has 88 heavy (non-hydrogen) atoms. The Hall–Kier alpha value is -11.9. The first-order chi connectivity index (χ1) is 43.6. The van der Waals surface area contributed by atoms with Gasteiger partial charge in [-0.25, -0.2) is 15.0 Å². The van der Waals surface area contributed by atoms with Crippen LogP contribution < -0.4 is 0 Å². The predicted octanol–water partition coefficient (Wildman–Crippen LogP) is 20.6. The molecule has 0 saturated carbocycles. The molecule has 0 atom stereocenters. The van der Waals surface area contributed by atoms with E-state index in [1.807, 2.05) is 18.2 Å². The zero-order valence-electron chi connectivity index (χ0n) is 47.6. The van der Waals surface area contributed by atoms with Gasteiger partial charge < -0.3 is 18.3 Å². The summed E-state index contributed by atoms with van der Waals surface area (Å²) in [6.45, 7) is 0. The summed E-state index contributed by atoms with van der Waals surface area (Å²) in [5, 5.41) is 9.70. The van der Waals surface area contributed by atoms with E-state index in [9.17, 15) is 0 Å². The van der Waals surface area contributed by atoms with Gasteiger partial charge in [0, 0.05) is 71.2 Å². The third-order valence-electron chi connectivity index (χ3n) is 17.8. The lowest BCUT2D eigenvalue weighted by Gasteiger charge is -2.18. The van der Waals surface area contributed by atoms with E-state index in [1.54, 1.807) is 0 Å². The molecule has 0 fully saturated rings. The summed E-state index contributed by atoms with van der Waals surface area (Å²) < 4.78 is 9.64. The molecule has 13 aromatic carbocycles. The molecule has 5 aromatic heterocycles. The van der Waals surface area contributed by atoms with Crippen LogP contribution in [0.3, 0.4) is 0 Å². The van der Waals surface area contributed by atoms with Crippen LogP contribution in [0.4, 0.5) is 0 Å². The van der Waals surface area contributed by atoms with Gasteiger partial charge in [0.1, 0.15) is 0 Å². The van der Waals surface area contributed by atoms with Crippen molar-refractivity contribution in [2.45, 2.75) is 0 Å². The summed E-state index contributed by atoms with van der Waals surface area (Å²) in [7, 11) is 0. The fourth-order valence-electron chi connectivity index (χ4n) is 13.8. The monoisotopic (exact) mass is 1120 g/mol. The minimum Gasteiger partial charge on any atom is -0.309 e. The summed E-state index contributed by atoms with van der Waals surface area (Å²) in [6, 6.07) is 111. The average molecular weight is 1120 g/mol. The van der Waals surface area contributed by atoms with Crippen molar-refractivity contribution in [3.8, 4) is 79.2 Å². The van der Waals surface area contributed by atoms with Gasteiger partial charge in [-0.1, -0.05) is 212 Å². The Morgan fingerprint density at radius 2 is 0.489 bits per heavy atom. The molecule has 0 aliphatic rings. The van der Waals surface area contributed by atoms with Crippen molar-refractivity contribution in [1.29, 1.82) is 0 Å². The molecular formula is C81H51N7. The van der Waals surface area contributed by atoms with Crippen LogP contribution in [0, 0.1) is 0 Å². The van der Waals surface area contributed by atoms with Gasteiger partial charge in [0.2, 0.25) is 0 Å². The van der Waals surface area contributed by atoms with Crippen molar-refractivity contribution in [2.24, 2.45) is 0 Å². The second-order valence-corrected chi connectivity index (χ2v) is 22.7. The van der Waals surface area contributed by atoms with Crippen molar-refractivity contribution in [1.82, 2.24) is 33.2 Å². The van der Waals surface area contributed by atoms with Gasteiger partial charge in [-0.3, -0.25) is 0 Å². The predicted molar refractivity (Wildman–Crippen MR) is 364 cm³/mol. The van der Waals surface area contributed by atoms with Crippen LogP contribution in [-0.2, 0) is 0 Å². The van der Waals surface area contributed by atoms with Crippen LogP contribution in [-0.4, -0.2) is 33.2 Å². The number of fused-ring (bicyclic) bond motifs is 12. The normalized spacial score (nSPS) is 11.9. The van der Waals surface area contributed by atoms with Crippen molar-refractivity contribution < 1.29 is 0 Å². The molecule has 5 heterocycles. The third-order valence-corrected chi connectivity index (χ3v) is 17.8. The molecule has 0 aliphatic heterocycles. The minimum atomic E-state index is 0.601. The molecule has 0 aliphatic carbocycles. The molecule has 0 bridgehead atoms. The van der Waals surface area contributed by atoms with Gasteiger partial charge in [-0.2, -0.15) is 0 Å². The van der Waals surface area contributed by atoms with Crippen LogP contribution in [0.5, 0.6) is 0 Å². The maximum absolute atomic E-state index is 5.27. The Morgan fingerprint density at radius 3 is 1.00 bits per heavy atom. The van der Waals surface area contributed by atoms with Crippen LogP contribution >= 0.6 is 0 Å². The summed E-state index contributed by atoms with van der Waals surface area (Å²) in [5.74, 6) is 1.82. The smallest absolute Gasteiger partial charge is 0.164 e. The number of nitrogens with zero attached hydrogens (tertiary/aromatic N) is 7. The molecule has 0 unspecified atom stereocenters. The largest absolute Gasteiger partial charge is 0.309 e. The van der Waals surface area contributed by atoms with Crippen molar-refractivity contribution in [3.05, 3.63) is 309 Å². The van der Waals surface area contributed by atoms with Gasteiger partial charge >= 0.3 is 0 Å². The number of aromatic nitrogens is 7. The lowest BCUT2D eigenvalue weighted by molar-refractivity contribution is 1.07. The first-order valence-electron chi connectivity index (χ1n) is 29.9. The number of benzene rings is 13. The van der Waals surface area contributed by atoms with Gasteiger partial charge in [0.05, 0.1) is 55.5 Å². The molecule has 18 aromatic rings. The maximum atomic E-state index is 5.27. The average Bonchev–Trinajstić information content (AvgIpc) is 2.36. The molecular weight excluding hydrogens is 1070 g/mol. The summed E-state index contributed by atoms with van der Waals surface area (Å²) in [4.78, 5) is 15.6. The molecule has 7 heteroatoms. The fourth-order valence-corrected chi connectivity index (χ4v) is 13.8. The van der Waals surface area contributed by atoms with E-state index in [0.29, 0.717) is 17.5 Å². The fraction of sp³-hybridized carbons (Fsp3) is 0. The van der Waals surface area contributed by atoms with Crippen molar-refractivity contribution in [3.63, 3.8) is 0 Å². The van der Waals surface area contributed by atoms with Crippen molar-refractivity contribution >= 4 is 87.2 Å². The van der Waals surface area contributed by atoms with E-state index >= 15 is 0 Å². The van der Waals surface area contributed by atoms with E-state index in [4.69, 9.17) is 15.0 Å². The highest BCUT2D eigenvalue weighted by molar-refractivity contribution is 6.14. The second-order valence-electron chi connectivity index (χ2n) is 22.7. The molecule has 0 saturated heterocycles. The zero-order valence-corrected chi connectivity index (χ0v) is 47.6. The van der Waals surface area contributed by atoms with E-state index in [1.165, 1.54) is 65.3 Å². The minimum absolute atomic E-state index is 0.601. The number of para-hydroxylation sites is 7. The van der Waals surface area contributed by atoms with Crippen LogP contribution in [0.15, 0.2) is 309 Å². The van der Waals surface area contributed by atoms with E-state index in [0.717, 1.165) is 83.7 Å². The van der Waals surface area contributed by atoms with Crippen molar-refractivity contribution in [2.75, 3.05) is 0 Å². The van der Waals surface area contributed by atoms with E-state index in [-0.39, 0.29) is 0 Å². The number of hydrogen-bond acceptors (Lipinski definition) is 3. The molecule has 7 nitrogen and oxygen atoms in total. The topological polar surface area (TPSA) is 58.4 Å². The molecule has 410 valence electrons. The van der Waals surface area contributed by atoms with E-state index in [2.05, 4.69) is 309 Å². The van der Waals surface area contributed by atoms with Gasteiger partial charge in [0.15, 0.2) is 17.5 Å². The molecule has 0 spiro atoms. The highest BCUT2D eigenvalue weighted by Gasteiger charge is 2.23. The lowest BCUT2D eigenvalue weighted by atomic mass is 10.0. The van der Waals surface area contributed by atoms with Crippen LogP contribution in [0.25, 0.3) is 166 Å². The number of rotatable bonds is 9. The highest BCUT2D eigenvalue weighted by Crippen LogP contribution is 2.43. The summed E-state index contributed by atoms with van der Waals surface area (Å²) in [5.41, 5.74) is 20.8.